The Kier molecular flexibility index (Phi) is 5.22. The molecule has 2 heterocycles. The minimum Gasteiger partial charge on any atom is -0.352 e. The number of rotatable bonds is 6. The van der Waals surface area contributed by atoms with Crippen LogP contribution in [-0.4, -0.2) is 22.4 Å². The molecule has 0 radical (unpaired) electrons. The summed E-state index contributed by atoms with van der Waals surface area (Å²) in [5.74, 6) is -0.154. The predicted octanol–water partition coefficient (Wildman–Crippen LogP) is 4.98. The van der Waals surface area contributed by atoms with Crippen LogP contribution < -0.4 is 10.6 Å². The summed E-state index contributed by atoms with van der Waals surface area (Å²) in [5, 5.41) is 9.05. The molecule has 5 nitrogen and oxygen atoms in total. The van der Waals surface area contributed by atoms with Gasteiger partial charge >= 0.3 is 0 Å². The average molecular weight is 393 g/mol. The van der Waals surface area contributed by atoms with Crippen LogP contribution in [0.3, 0.4) is 0 Å². The molecule has 1 amide bonds. The summed E-state index contributed by atoms with van der Waals surface area (Å²) in [6.07, 6.45) is 1.70. The molecule has 0 aliphatic carbocycles. The van der Waals surface area contributed by atoms with Gasteiger partial charge in [-0.15, -0.1) is 11.3 Å². The van der Waals surface area contributed by atoms with Crippen LogP contribution in [0.2, 0.25) is 0 Å². The van der Waals surface area contributed by atoms with Crippen molar-refractivity contribution in [3.05, 3.63) is 72.2 Å². The Labute approximate surface area is 164 Å². The zero-order chi connectivity index (χ0) is 18.5. The Morgan fingerprint density at radius 2 is 1.63 bits per heavy atom. The van der Waals surface area contributed by atoms with Crippen LogP contribution in [-0.2, 0) is 4.79 Å². The Morgan fingerprint density at radius 1 is 0.926 bits per heavy atom. The molecule has 2 aromatic heterocycles. The van der Waals surface area contributed by atoms with Gasteiger partial charge in [-0.05, 0) is 5.56 Å². The second-order valence-corrected chi connectivity index (χ2v) is 7.56. The molecule has 134 valence electrons. The van der Waals surface area contributed by atoms with Gasteiger partial charge in [0.1, 0.15) is 0 Å². The Balaban J connectivity index is 1.58. The lowest BCUT2D eigenvalue weighted by atomic mass is 10.1. The minimum absolute atomic E-state index is 0.147. The largest absolute Gasteiger partial charge is 0.352 e. The van der Waals surface area contributed by atoms with Crippen LogP contribution >= 0.6 is 22.7 Å². The molecule has 0 atom stereocenters. The maximum atomic E-state index is 12.3. The van der Waals surface area contributed by atoms with E-state index in [0.717, 1.165) is 26.8 Å². The molecule has 0 fully saturated rings. The van der Waals surface area contributed by atoms with E-state index in [9.17, 15) is 4.79 Å². The molecule has 0 saturated carbocycles. The van der Waals surface area contributed by atoms with Crippen molar-refractivity contribution in [1.82, 2.24) is 9.97 Å². The number of thiazole rings is 2. The van der Waals surface area contributed by atoms with Crippen LogP contribution in [0.25, 0.3) is 21.7 Å². The fourth-order valence-electron chi connectivity index (χ4n) is 2.58. The zero-order valence-corrected chi connectivity index (χ0v) is 15.9. The van der Waals surface area contributed by atoms with E-state index in [1.165, 1.54) is 22.7 Å². The standard InChI is InChI=1S/C20H16N4OS2/c25-16(13-22-19-21-11-12-26-19)23-20-24-17(14-7-3-1-4-8-14)18(27-20)15-9-5-2-6-10-15/h1-12H,13H2,(H,21,22)(H,23,24,25). The lowest BCUT2D eigenvalue weighted by Gasteiger charge is -2.02. The third-order valence-corrected chi connectivity index (χ3v) is 5.54. The lowest BCUT2D eigenvalue weighted by Crippen LogP contribution is -2.21. The van der Waals surface area contributed by atoms with Gasteiger partial charge in [-0.2, -0.15) is 0 Å². The average Bonchev–Trinajstić information content (AvgIpc) is 3.38. The van der Waals surface area contributed by atoms with E-state index in [1.807, 2.05) is 53.9 Å². The van der Waals surface area contributed by atoms with Gasteiger partial charge < -0.3 is 10.6 Å². The highest BCUT2D eigenvalue weighted by atomic mass is 32.1. The number of hydrogen-bond acceptors (Lipinski definition) is 6. The molecule has 7 heteroatoms. The first-order valence-electron chi connectivity index (χ1n) is 8.34. The number of amides is 1. The van der Waals surface area contributed by atoms with Gasteiger partial charge in [-0.3, -0.25) is 4.79 Å². The van der Waals surface area contributed by atoms with Crippen molar-refractivity contribution in [1.29, 1.82) is 0 Å². The second-order valence-electron chi connectivity index (χ2n) is 5.67. The topological polar surface area (TPSA) is 66.9 Å². The molecule has 0 spiro atoms. The number of nitrogens with zero attached hydrogens (tertiary/aromatic N) is 2. The van der Waals surface area contributed by atoms with Crippen molar-refractivity contribution in [2.45, 2.75) is 0 Å². The fourth-order valence-corrected chi connectivity index (χ4v) is 4.12. The van der Waals surface area contributed by atoms with Crippen LogP contribution in [0.15, 0.2) is 72.2 Å². The molecule has 2 aromatic carbocycles. The quantitative estimate of drug-likeness (QED) is 0.485. The van der Waals surface area contributed by atoms with Crippen LogP contribution in [0.1, 0.15) is 0 Å². The molecule has 4 aromatic rings. The lowest BCUT2D eigenvalue weighted by molar-refractivity contribution is -0.114. The summed E-state index contributed by atoms with van der Waals surface area (Å²) < 4.78 is 0. The maximum absolute atomic E-state index is 12.3. The number of benzene rings is 2. The smallest absolute Gasteiger partial charge is 0.245 e. The Morgan fingerprint density at radius 3 is 2.30 bits per heavy atom. The third-order valence-electron chi connectivity index (χ3n) is 3.79. The van der Waals surface area contributed by atoms with E-state index in [2.05, 4.69) is 32.7 Å². The minimum atomic E-state index is -0.154. The third kappa shape index (κ3) is 4.21. The SMILES string of the molecule is O=C(CNc1nccs1)Nc1nc(-c2ccccc2)c(-c2ccccc2)s1. The number of hydrogen-bond donors (Lipinski definition) is 2. The summed E-state index contributed by atoms with van der Waals surface area (Å²) in [7, 11) is 0. The molecule has 0 aliphatic rings. The molecule has 0 saturated heterocycles. The molecule has 0 aliphatic heterocycles. The van der Waals surface area contributed by atoms with E-state index in [1.54, 1.807) is 6.20 Å². The molecule has 0 unspecified atom stereocenters. The number of carbonyl (C=O) groups excluding carboxylic acids is 1. The van der Waals surface area contributed by atoms with Crippen molar-refractivity contribution in [2.75, 3.05) is 17.2 Å². The summed E-state index contributed by atoms with van der Waals surface area (Å²) in [6, 6.07) is 20.1. The summed E-state index contributed by atoms with van der Waals surface area (Å²) >= 11 is 2.93. The van der Waals surface area contributed by atoms with Gasteiger partial charge in [-0.1, -0.05) is 72.0 Å². The number of aromatic nitrogens is 2. The van der Waals surface area contributed by atoms with Crippen LogP contribution in [0.4, 0.5) is 10.3 Å². The number of anilines is 2. The summed E-state index contributed by atoms with van der Waals surface area (Å²) in [6.45, 7) is 0.147. The summed E-state index contributed by atoms with van der Waals surface area (Å²) in [4.78, 5) is 22.1. The van der Waals surface area contributed by atoms with Gasteiger partial charge in [0.05, 0.1) is 17.1 Å². The first-order chi connectivity index (χ1) is 13.3. The Hall–Kier alpha value is -3.03. The van der Waals surface area contributed by atoms with E-state index in [-0.39, 0.29) is 12.5 Å². The highest BCUT2D eigenvalue weighted by Gasteiger charge is 2.16. The van der Waals surface area contributed by atoms with Crippen molar-refractivity contribution >= 4 is 38.8 Å². The summed E-state index contributed by atoms with van der Waals surface area (Å²) in [5.41, 5.74) is 2.97. The Bertz CT molecular complexity index is 958. The number of carbonyl (C=O) groups is 1. The molecule has 27 heavy (non-hydrogen) atoms. The fraction of sp³-hybridized carbons (Fsp3) is 0.0500. The zero-order valence-electron chi connectivity index (χ0n) is 14.3. The normalized spacial score (nSPS) is 10.5. The van der Waals surface area contributed by atoms with E-state index in [0.29, 0.717) is 5.13 Å². The van der Waals surface area contributed by atoms with Crippen molar-refractivity contribution in [2.24, 2.45) is 0 Å². The second kappa shape index (κ2) is 8.11. The molecule has 0 bridgehead atoms. The van der Waals surface area contributed by atoms with E-state index in [4.69, 9.17) is 0 Å². The van der Waals surface area contributed by atoms with Gasteiger partial charge in [0.15, 0.2) is 10.3 Å². The molecule has 4 rings (SSSR count). The number of nitrogens with one attached hydrogen (secondary N) is 2. The van der Waals surface area contributed by atoms with Gasteiger partial charge in [0.25, 0.3) is 0 Å². The first-order valence-corrected chi connectivity index (χ1v) is 10.0. The molecule has 2 N–H and O–H groups in total. The van der Waals surface area contributed by atoms with Crippen molar-refractivity contribution < 1.29 is 4.79 Å². The predicted molar refractivity (Wildman–Crippen MR) is 112 cm³/mol. The van der Waals surface area contributed by atoms with Crippen LogP contribution in [0.5, 0.6) is 0 Å². The van der Waals surface area contributed by atoms with Crippen LogP contribution in [0, 0.1) is 0 Å². The monoisotopic (exact) mass is 392 g/mol. The molecular weight excluding hydrogens is 376 g/mol. The van der Waals surface area contributed by atoms with Crippen molar-refractivity contribution in [3.63, 3.8) is 0 Å². The van der Waals surface area contributed by atoms with Crippen molar-refractivity contribution in [3.8, 4) is 21.7 Å². The maximum Gasteiger partial charge on any atom is 0.245 e. The van der Waals surface area contributed by atoms with Gasteiger partial charge in [0, 0.05) is 17.1 Å². The highest BCUT2D eigenvalue weighted by molar-refractivity contribution is 7.19. The molecular formula is C20H16N4OS2. The highest BCUT2D eigenvalue weighted by Crippen LogP contribution is 2.38. The van der Waals surface area contributed by atoms with E-state index < -0.39 is 0 Å². The van der Waals surface area contributed by atoms with E-state index >= 15 is 0 Å². The first kappa shape index (κ1) is 17.4. The van der Waals surface area contributed by atoms with Gasteiger partial charge in [0.2, 0.25) is 5.91 Å². The van der Waals surface area contributed by atoms with Gasteiger partial charge in [-0.25, -0.2) is 9.97 Å².